The minimum atomic E-state index is -0.542. The summed E-state index contributed by atoms with van der Waals surface area (Å²) in [5.41, 5.74) is 2.13. The van der Waals surface area contributed by atoms with Crippen molar-refractivity contribution in [1.82, 2.24) is 10.2 Å². The number of nitrogens with zero attached hydrogens (tertiary/aromatic N) is 1. The second kappa shape index (κ2) is 12.8. The fourth-order valence-corrected chi connectivity index (χ4v) is 3.15. The largest absolute Gasteiger partial charge is 0.379 e. The Morgan fingerprint density at radius 3 is 2.13 bits per heavy atom. The van der Waals surface area contributed by atoms with Crippen LogP contribution in [0.25, 0.3) is 0 Å². The van der Waals surface area contributed by atoms with Gasteiger partial charge in [-0.05, 0) is 44.7 Å². The maximum atomic E-state index is 13.0. The molecule has 1 N–H and O–H groups in total. The highest BCUT2D eigenvalue weighted by atomic mass is 16.5. The average Bonchev–Trinajstić information content (AvgIpc) is 2.76. The van der Waals surface area contributed by atoms with Crippen molar-refractivity contribution in [2.45, 2.75) is 58.7 Å². The summed E-state index contributed by atoms with van der Waals surface area (Å²) in [6.45, 7) is 7.33. The number of hydrogen-bond acceptors (Lipinski definition) is 3. The lowest BCUT2D eigenvalue weighted by Crippen LogP contribution is -2.48. The first-order valence-electron chi connectivity index (χ1n) is 10.7. The quantitative estimate of drug-likeness (QED) is 0.539. The number of benzene rings is 2. The van der Waals surface area contributed by atoms with Gasteiger partial charge in [0.25, 0.3) is 0 Å². The molecule has 1 atom stereocenters. The molecule has 0 bridgehead atoms. The summed E-state index contributed by atoms with van der Waals surface area (Å²) in [6, 6.07) is 19.2. The molecule has 0 saturated heterocycles. The van der Waals surface area contributed by atoms with Gasteiger partial charge in [-0.25, -0.2) is 0 Å². The lowest BCUT2D eigenvalue weighted by molar-refractivity contribution is -0.140. The Kier molecular flexibility index (Phi) is 10.1. The van der Waals surface area contributed by atoms with Gasteiger partial charge in [-0.1, -0.05) is 60.7 Å². The van der Waals surface area contributed by atoms with Gasteiger partial charge in [-0.3, -0.25) is 9.59 Å². The van der Waals surface area contributed by atoms with Crippen molar-refractivity contribution in [2.75, 3.05) is 13.2 Å². The fourth-order valence-electron chi connectivity index (χ4n) is 3.15. The van der Waals surface area contributed by atoms with Gasteiger partial charge in [-0.2, -0.15) is 0 Å². The highest BCUT2D eigenvalue weighted by molar-refractivity contribution is 5.87. The molecule has 0 radical (unpaired) electrons. The average molecular weight is 411 g/mol. The lowest BCUT2D eigenvalue weighted by Gasteiger charge is -2.29. The molecule has 0 aromatic heterocycles. The van der Waals surface area contributed by atoms with Crippen molar-refractivity contribution >= 4 is 11.8 Å². The maximum absolute atomic E-state index is 13.0. The maximum Gasteiger partial charge on any atom is 0.242 e. The summed E-state index contributed by atoms with van der Waals surface area (Å²) in [4.78, 5) is 27.4. The van der Waals surface area contributed by atoms with Crippen LogP contribution in [0, 0.1) is 0 Å². The molecule has 30 heavy (non-hydrogen) atoms. The minimum absolute atomic E-state index is 0.0199. The van der Waals surface area contributed by atoms with E-state index in [0.29, 0.717) is 32.5 Å². The van der Waals surface area contributed by atoms with Crippen LogP contribution >= 0.6 is 0 Å². The van der Waals surface area contributed by atoms with Crippen LogP contribution in [0.15, 0.2) is 60.7 Å². The monoisotopic (exact) mass is 410 g/mol. The van der Waals surface area contributed by atoms with E-state index in [4.69, 9.17) is 4.74 Å². The predicted molar refractivity (Wildman–Crippen MR) is 120 cm³/mol. The molecule has 0 saturated carbocycles. The first kappa shape index (κ1) is 23.6. The molecule has 0 unspecified atom stereocenters. The van der Waals surface area contributed by atoms with Gasteiger partial charge in [0.05, 0.1) is 6.10 Å². The number of rotatable bonds is 12. The Morgan fingerprint density at radius 2 is 1.53 bits per heavy atom. The van der Waals surface area contributed by atoms with Crippen molar-refractivity contribution in [2.24, 2.45) is 0 Å². The highest BCUT2D eigenvalue weighted by Crippen LogP contribution is 2.13. The molecule has 0 spiro atoms. The summed E-state index contributed by atoms with van der Waals surface area (Å²) >= 11 is 0. The summed E-state index contributed by atoms with van der Waals surface area (Å²) in [5, 5.41) is 2.94. The van der Waals surface area contributed by atoms with E-state index in [2.05, 4.69) is 5.32 Å². The van der Waals surface area contributed by atoms with Crippen molar-refractivity contribution in [3.05, 3.63) is 71.8 Å². The molecule has 0 aliphatic carbocycles. The van der Waals surface area contributed by atoms with Crippen molar-refractivity contribution in [3.63, 3.8) is 0 Å². The van der Waals surface area contributed by atoms with E-state index < -0.39 is 6.04 Å². The minimum Gasteiger partial charge on any atom is -0.379 e. The number of nitrogens with one attached hydrogen (secondary N) is 1. The molecular weight excluding hydrogens is 376 g/mol. The first-order valence-corrected chi connectivity index (χ1v) is 10.7. The molecule has 0 aliphatic rings. The van der Waals surface area contributed by atoms with Crippen LogP contribution in [-0.4, -0.2) is 42.0 Å². The Balaban J connectivity index is 1.97. The number of ether oxygens (including phenoxy) is 1. The van der Waals surface area contributed by atoms with Crippen molar-refractivity contribution < 1.29 is 14.3 Å². The lowest BCUT2D eigenvalue weighted by atomic mass is 10.1. The molecule has 0 aliphatic heterocycles. The predicted octanol–water partition coefficient (Wildman–Crippen LogP) is 3.97. The molecule has 2 aromatic carbocycles. The topological polar surface area (TPSA) is 58.6 Å². The fraction of sp³-hybridized carbons (Fsp3) is 0.440. The number of hydrogen-bond donors (Lipinski definition) is 1. The molecule has 5 nitrogen and oxygen atoms in total. The van der Waals surface area contributed by atoms with E-state index in [1.165, 1.54) is 0 Å². The van der Waals surface area contributed by atoms with E-state index in [9.17, 15) is 9.59 Å². The molecular formula is C25H34N2O3. The van der Waals surface area contributed by atoms with Gasteiger partial charge in [0.15, 0.2) is 0 Å². The van der Waals surface area contributed by atoms with Gasteiger partial charge >= 0.3 is 0 Å². The van der Waals surface area contributed by atoms with Crippen LogP contribution in [0.2, 0.25) is 0 Å². The van der Waals surface area contributed by atoms with Crippen LogP contribution in [0.1, 0.15) is 44.7 Å². The van der Waals surface area contributed by atoms with Crippen molar-refractivity contribution in [3.8, 4) is 0 Å². The molecule has 0 heterocycles. The van der Waals surface area contributed by atoms with Crippen LogP contribution in [0.3, 0.4) is 0 Å². The van der Waals surface area contributed by atoms with Crippen LogP contribution in [0.5, 0.6) is 0 Å². The molecule has 2 aromatic rings. The highest BCUT2D eigenvalue weighted by Gasteiger charge is 2.25. The second-order valence-corrected chi connectivity index (χ2v) is 7.73. The summed E-state index contributed by atoms with van der Waals surface area (Å²) in [5.74, 6) is -0.156. The molecule has 2 rings (SSSR count). The first-order chi connectivity index (χ1) is 14.5. The SMILES string of the molecule is CC(C)OCCCNC(=O)[C@H](C)N(Cc1ccccc1)C(=O)CCc1ccccc1. The Labute approximate surface area is 180 Å². The molecule has 0 fully saturated rings. The summed E-state index contributed by atoms with van der Waals surface area (Å²) < 4.78 is 5.51. The second-order valence-electron chi connectivity index (χ2n) is 7.73. The number of aryl methyl sites for hydroxylation is 1. The van der Waals surface area contributed by atoms with Gasteiger partial charge < -0.3 is 15.0 Å². The molecule has 5 heteroatoms. The standard InChI is InChI=1S/C25H34N2O3/c1-20(2)30-18-10-17-26-25(29)21(3)27(19-23-13-8-5-9-14-23)24(28)16-15-22-11-6-4-7-12-22/h4-9,11-14,20-21H,10,15-19H2,1-3H3,(H,26,29)/t21-/m0/s1. The van der Waals surface area contributed by atoms with Crippen molar-refractivity contribution in [1.29, 1.82) is 0 Å². The van der Waals surface area contributed by atoms with E-state index in [1.54, 1.807) is 11.8 Å². The van der Waals surface area contributed by atoms with Crippen LogP contribution in [-0.2, 0) is 27.3 Å². The van der Waals surface area contributed by atoms with E-state index >= 15 is 0 Å². The van der Waals surface area contributed by atoms with Crippen LogP contribution in [0.4, 0.5) is 0 Å². The Hall–Kier alpha value is -2.66. The third kappa shape index (κ3) is 8.37. The zero-order valence-electron chi connectivity index (χ0n) is 18.3. The van der Waals surface area contributed by atoms with Crippen LogP contribution < -0.4 is 5.32 Å². The molecule has 2 amide bonds. The van der Waals surface area contributed by atoms with E-state index in [1.807, 2.05) is 74.5 Å². The summed E-state index contributed by atoms with van der Waals surface area (Å²) in [7, 11) is 0. The zero-order chi connectivity index (χ0) is 21.8. The molecule has 162 valence electrons. The summed E-state index contributed by atoms with van der Waals surface area (Å²) in [6.07, 6.45) is 1.96. The Morgan fingerprint density at radius 1 is 0.933 bits per heavy atom. The normalized spacial score (nSPS) is 11.9. The zero-order valence-corrected chi connectivity index (χ0v) is 18.3. The third-order valence-corrected chi connectivity index (χ3v) is 4.90. The number of carbonyl (C=O) groups is 2. The number of amides is 2. The van der Waals surface area contributed by atoms with E-state index in [-0.39, 0.29) is 17.9 Å². The number of carbonyl (C=O) groups excluding carboxylic acids is 2. The van der Waals surface area contributed by atoms with Gasteiger partial charge in [0, 0.05) is 26.1 Å². The Bertz CT molecular complexity index is 762. The van der Waals surface area contributed by atoms with Gasteiger partial charge in [0.1, 0.15) is 6.04 Å². The van der Waals surface area contributed by atoms with E-state index in [0.717, 1.165) is 17.5 Å². The smallest absolute Gasteiger partial charge is 0.242 e. The third-order valence-electron chi connectivity index (χ3n) is 4.90. The van der Waals surface area contributed by atoms with Gasteiger partial charge in [-0.15, -0.1) is 0 Å². The van der Waals surface area contributed by atoms with Gasteiger partial charge in [0.2, 0.25) is 11.8 Å².